The third kappa shape index (κ3) is 4.04. The first kappa shape index (κ1) is 15.5. The molecule has 0 saturated carbocycles. The second kappa shape index (κ2) is 6.71. The maximum absolute atomic E-state index is 12.0. The van der Waals surface area contributed by atoms with Gasteiger partial charge in [-0.1, -0.05) is 0 Å². The van der Waals surface area contributed by atoms with E-state index in [1.807, 2.05) is 0 Å². The molecule has 1 aromatic heterocycles. The van der Waals surface area contributed by atoms with Crippen molar-refractivity contribution in [3.05, 3.63) is 28.2 Å². The van der Waals surface area contributed by atoms with Crippen LogP contribution in [0.5, 0.6) is 0 Å². The lowest BCUT2D eigenvalue weighted by Crippen LogP contribution is -2.48. The molecule has 2 rings (SSSR count). The van der Waals surface area contributed by atoms with Gasteiger partial charge in [-0.05, 0) is 25.8 Å². The number of carbonyl (C=O) groups is 2. The SMILES string of the molecule is CC(Cl)C(=O)N1CCC(NC(=O)c2ccc(=O)[nH]n2)CC1. The van der Waals surface area contributed by atoms with Crippen LogP contribution < -0.4 is 10.9 Å². The standard InChI is InChI=1S/C13H17ClN4O3/c1-8(14)13(21)18-6-4-9(5-7-18)15-12(20)10-2-3-11(19)17-16-10/h2-3,8-9H,4-7H2,1H3,(H,15,20)(H,17,19). The highest BCUT2D eigenvalue weighted by molar-refractivity contribution is 6.30. The summed E-state index contributed by atoms with van der Waals surface area (Å²) >= 11 is 5.78. The van der Waals surface area contributed by atoms with Gasteiger partial charge in [-0.3, -0.25) is 14.4 Å². The van der Waals surface area contributed by atoms with Gasteiger partial charge >= 0.3 is 0 Å². The predicted molar refractivity (Wildman–Crippen MR) is 77.2 cm³/mol. The van der Waals surface area contributed by atoms with Gasteiger partial charge in [-0.25, -0.2) is 5.10 Å². The van der Waals surface area contributed by atoms with Gasteiger partial charge < -0.3 is 10.2 Å². The van der Waals surface area contributed by atoms with Crippen molar-refractivity contribution >= 4 is 23.4 Å². The number of carbonyl (C=O) groups excluding carboxylic acids is 2. The summed E-state index contributed by atoms with van der Waals surface area (Å²) in [7, 11) is 0. The lowest BCUT2D eigenvalue weighted by Gasteiger charge is -2.32. The molecule has 2 N–H and O–H groups in total. The Kier molecular flexibility index (Phi) is 4.95. The normalized spacial score (nSPS) is 17.3. The number of hydrogen-bond acceptors (Lipinski definition) is 4. The molecule has 21 heavy (non-hydrogen) atoms. The van der Waals surface area contributed by atoms with Gasteiger partial charge in [0.25, 0.3) is 11.5 Å². The van der Waals surface area contributed by atoms with E-state index in [0.717, 1.165) is 0 Å². The summed E-state index contributed by atoms with van der Waals surface area (Å²) < 4.78 is 0. The van der Waals surface area contributed by atoms with Crippen molar-refractivity contribution in [3.8, 4) is 0 Å². The second-order valence-electron chi connectivity index (χ2n) is 5.00. The van der Waals surface area contributed by atoms with E-state index in [2.05, 4.69) is 15.5 Å². The van der Waals surface area contributed by atoms with E-state index >= 15 is 0 Å². The summed E-state index contributed by atoms with van der Waals surface area (Å²) in [6, 6.07) is 2.62. The monoisotopic (exact) mass is 312 g/mol. The molecular weight excluding hydrogens is 296 g/mol. The van der Waals surface area contributed by atoms with E-state index in [1.165, 1.54) is 12.1 Å². The summed E-state index contributed by atoms with van der Waals surface area (Å²) in [6.07, 6.45) is 1.34. The van der Waals surface area contributed by atoms with Gasteiger partial charge in [0.15, 0.2) is 0 Å². The molecule has 0 aromatic carbocycles. The highest BCUT2D eigenvalue weighted by Crippen LogP contribution is 2.13. The number of hydrogen-bond donors (Lipinski definition) is 2. The van der Waals surface area contributed by atoms with Crippen LogP contribution in [0.25, 0.3) is 0 Å². The molecule has 0 aliphatic carbocycles. The zero-order valence-electron chi connectivity index (χ0n) is 11.6. The van der Waals surface area contributed by atoms with E-state index in [1.54, 1.807) is 11.8 Å². The molecule has 8 heteroatoms. The summed E-state index contributed by atoms with van der Waals surface area (Å²) in [5.74, 6) is -0.412. The van der Waals surface area contributed by atoms with Crippen LogP contribution >= 0.6 is 11.6 Å². The highest BCUT2D eigenvalue weighted by atomic mass is 35.5. The van der Waals surface area contributed by atoms with Gasteiger partial charge in [-0.15, -0.1) is 11.6 Å². The number of nitrogens with one attached hydrogen (secondary N) is 2. The maximum Gasteiger partial charge on any atom is 0.271 e. The number of aromatic nitrogens is 2. The van der Waals surface area contributed by atoms with Crippen molar-refractivity contribution in [3.63, 3.8) is 0 Å². The fourth-order valence-electron chi connectivity index (χ4n) is 2.23. The van der Waals surface area contributed by atoms with Crippen LogP contribution in [-0.2, 0) is 4.79 Å². The molecular formula is C13H17ClN4O3. The Morgan fingerprint density at radius 3 is 2.62 bits per heavy atom. The number of rotatable bonds is 3. The van der Waals surface area contributed by atoms with Crippen LogP contribution in [0.4, 0.5) is 0 Å². The lowest BCUT2D eigenvalue weighted by atomic mass is 10.0. The quantitative estimate of drug-likeness (QED) is 0.775. The Morgan fingerprint density at radius 2 is 2.10 bits per heavy atom. The number of piperidine rings is 1. The number of amides is 2. The molecule has 0 radical (unpaired) electrons. The molecule has 1 atom stereocenters. The van der Waals surface area contributed by atoms with Crippen molar-refractivity contribution in [2.75, 3.05) is 13.1 Å². The minimum atomic E-state index is -0.526. The smallest absolute Gasteiger partial charge is 0.271 e. The summed E-state index contributed by atoms with van der Waals surface area (Å²) in [4.78, 5) is 36.3. The van der Waals surface area contributed by atoms with Crippen molar-refractivity contribution in [2.24, 2.45) is 0 Å². The van der Waals surface area contributed by atoms with Gasteiger partial charge in [0.2, 0.25) is 5.91 Å². The number of H-pyrrole nitrogens is 1. The molecule has 2 amide bonds. The Labute approximate surface area is 126 Å². The number of halogens is 1. The third-order valence-electron chi connectivity index (χ3n) is 3.39. The predicted octanol–water partition coefficient (Wildman–Crippen LogP) is 0.118. The number of aromatic amines is 1. The average Bonchev–Trinajstić information content (AvgIpc) is 2.47. The highest BCUT2D eigenvalue weighted by Gasteiger charge is 2.26. The van der Waals surface area contributed by atoms with Crippen LogP contribution in [0.2, 0.25) is 0 Å². The summed E-state index contributed by atoms with van der Waals surface area (Å²) in [5, 5.41) is 8.22. The van der Waals surface area contributed by atoms with Crippen LogP contribution in [0, 0.1) is 0 Å². The van der Waals surface area contributed by atoms with Crippen molar-refractivity contribution in [1.29, 1.82) is 0 Å². The first-order valence-electron chi connectivity index (χ1n) is 6.77. The van der Waals surface area contributed by atoms with E-state index in [-0.39, 0.29) is 29.1 Å². The van der Waals surface area contributed by atoms with Crippen molar-refractivity contribution in [1.82, 2.24) is 20.4 Å². The van der Waals surface area contributed by atoms with E-state index in [9.17, 15) is 14.4 Å². The van der Waals surface area contributed by atoms with Gasteiger partial charge in [-0.2, -0.15) is 5.10 Å². The molecule has 2 heterocycles. The lowest BCUT2D eigenvalue weighted by molar-refractivity contribution is -0.131. The minimum Gasteiger partial charge on any atom is -0.348 e. The van der Waals surface area contributed by atoms with Gasteiger partial charge in [0.05, 0.1) is 0 Å². The van der Waals surface area contributed by atoms with Crippen molar-refractivity contribution in [2.45, 2.75) is 31.2 Å². The number of alkyl halides is 1. The average molecular weight is 313 g/mol. The molecule has 7 nitrogen and oxygen atoms in total. The molecule has 1 aliphatic rings. The van der Waals surface area contributed by atoms with Crippen LogP contribution in [0.15, 0.2) is 16.9 Å². The fraction of sp³-hybridized carbons (Fsp3) is 0.538. The first-order chi connectivity index (χ1) is 9.97. The molecule has 114 valence electrons. The topological polar surface area (TPSA) is 95.2 Å². The fourth-order valence-corrected chi connectivity index (χ4v) is 2.36. The Hall–Kier alpha value is -1.89. The largest absolute Gasteiger partial charge is 0.348 e. The molecule has 1 saturated heterocycles. The third-order valence-corrected chi connectivity index (χ3v) is 3.58. The van der Waals surface area contributed by atoms with Crippen molar-refractivity contribution < 1.29 is 9.59 Å². The number of likely N-dealkylation sites (tertiary alicyclic amines) is 1. The van der Waals surface area contributed by atoms with Gasteiger partial charge in [0, 0.05) is 25.2 Å². The number of nitrogens with zero attached hydrogens (tertiary/aromatic N) is 2. The minimum absolute atomic E-state index is 0.0130. The first-order valence-corrected chi connectivity index (χ1v) is 7.20. The zero-order chi connectivity index (χ0) is 15.4. The van der Waals surface area contributed by atoms with E-state index < -0.39 is 5.38 Å². The summed E-state index contributed by atoms with van der Waals surface area (Å²) in [5.41, 5.74) is -0.184. The molecule has 0 bridgehead atoms. The summed E-state index contributed by atoms with van der Waals surface area (Å²) in [6.45, 7) is 2.79. The molecule has 1 aromatic rings. The van der Waals surface area contributed by atoms with Gasteiger partial charge in [0.1, 0.15) is 11.1 Å². The van der Waals surface area contributed by atoms with Crippen LogP contribution in [0.3, 0.4) is 0 Å². The molecule has 0 spiro atoms. The van der Waals surface area contributed by atoms with E-state index in [4.69, 9.17) is 11.6 Å². The second-order valence-corrected chi connectivity index (χ2v) is 5.65. The molecule has 1 unspecified atom stereocenters. The molecule has 1 aliphatic heterocycles. The van der Waals surface area contributed by atoms with E-state index in [0.29, 0.717) is 25.9 Å². The Bertz CT molecular complexity index is 559. The Morgan fingerprint density at radius 1 is 1.43 bits per heavy atom. The Balaban J connectivity index is 1.86. The van der Waals surface area contributed by atoms with Crippen LogP contribution in [-0.4, -0.2) is 51.4 Å². The zero-order valence-corrected chi connectivity index (χ0v) is 12.4. The van der Waals surface area contributed by atoms with Crippen LogP contribution in [0.1, 0.15) is 30.3 Å². The molecule has 1 fully saturated rings. The maximum atomic E-state index is 12.0.